The fourth-order valence-electron chi connectivity index (χ4n) is 1.97. The molecule has 0 aliphatic heterocycles. The first-order chi connectivity index (χ1) is 8.97. The van der Waals surface area contributed by atoms with E-state index >= 15 is 0 Å². The van der Waals surface area contributed by atoms with Crippen molar-refractivity contribution in [3.8, 4) is 0 Å². The summed E-state index contributed by atoms with van der Waals surface area (Å²) in [5.41, 5.74) is 0.716. The van der Waals surface area contributed by atoms with Crippen molar-refractivity contribution in [2.75, 3.05) is 13.1 Å². The van der Waals surface area contributed by atoms with Crippen molar-refractivity contribution in [3.63, 3.8) is 0 Å². The molecule has 1 fully saturated rings. The first kappa shape index (κ1) is 13.5. The van der Waals surface area contributed by atoms with Crippen molar-refractivity contribution in [1.82, 2.24) is 4.90 Å². The molecule has 1 saturated carbocycles. The minimum Gasteiger partial charge on any atom is -0.480 e. The summed E-state index contributed by atoms with van der Waals surface area (Å²) in [5.74, 6) is -1.88. The molecule has 0 saturated heterocycles. The minimum absolute atomic E-state index is 0.0538. The quantitative estimate of drug-likeness (QED) is 0.886. The Kier molecular flexibility index (Phi) is 3.83. The Balaban J connectivity index is 2.21. The summed E-state index contributed by atoms with van der Waals surface area (Å²) in [6.45, 7) is 1.76. The average Bonchev–Trinajstić information content (AvgIpc) is 3.14. The molecule has 1 aromatic carbocycles. The molecule has 1 aliphatic rings. The van der Waals surface area contributed by atoms with Gasteiger partial charge >= 0.3 is 5.97 Å². The number of rotatable bonds is 5. The summed E-state index contributed by atoms with van der Waals surface area (Å²) < 4.78 is 13.7. The molecule has 0 heterocycles. The van der Waals surface area contributed by atoms with Crippen molar-refractivity contribution < 1.29 is 19.1 Å². The lowest BCUT2D eigenvalue weighted by Gasteiger charge is -2.21. The summed E-state index contributed by atoms with van der Waals surface area (Å²) in [4.78, 5) is 24.3. The molecule has 0 aromatic heterocycles. The van der Waals surface area contributed by atoms with Crippen molar-refractivity contribution in [3.05, 3.63) is 35.1 Å². The number of hydrogen-bond acceptors (Lipinski definition) is 2. The van der Waals surface area contributed by atoms with E-state index in [-0.39, 0.29) is 12.1 Å². The Morgan fingerprint density at radius 1 is 1.42 bits per heavy atom. The Labute approximate surface area is 110 Å². The lowest BCUT2D eigenvalue weighted by Crippen LogP contribution is -2.37. The van der Waals surface area contributed by atoms with Crippen LogP contribution in [0.25, 0.3) is 0 Å². The molecule has 2 rings (SSSR count). The predicted octanol–water partition coefficient (Wildman–Crippen LogP) is 2.07. The Morgan fingerprint density at radius 3 is 2.68 bits per heavy atom. The van der Waals surface area contributed by atoms with E-state index in [0.717, 1.165) is 18.4 Å². The van der Waals surface area contributed by atoms with E-state index in [1.807, 2.05) is 0 Å². The van der Waals surface area contributed by atoms with Crippen LogP contribution < -0.4 is 0 Å². The third-order valence-corrected chi connectivity index (χ3v) is 3.14. The number of carbonyl (C=O) groups is 2. The largest absolute Gasteiger partial charge is 0.480 e. The zero-order valence-corrected chi connectivity index (χ0v) is 10.7. The summed E-state index contributed by atoms with van der Waals surface area (Å²) in [5, 5.41) is 8.85. The molecular formula is C14H16FNO3. The number of hydrogen-bond donors (Lipinski definition) is 1. The Hall–Kier alpha value is -1.91. The second-order valence-electron chi connectivity index (χ2n) is 5.01. The van der Waals surface area contributed by atoms with Gasteiger partial charge in [0.2, 0.25) is 0 Å². The van der Waals surface area contributed by atoms with Crippen molar-refractivity contribution in [2.24, 2.45) is 5.92 Å². The fraction of sp³-hybridized carbons (Fsp3) is 0.429. The normalized spacial score (nSPS) is 14.2. The molecule has 0 radical (unpaired) electrons. The van der Waals surface area contributed by atoms with Crippen LogP contribution in [0.2, 0.25) is 0 Å². The van der Waals surface area contributed by atoms with E-state index in [2.05, 4.69) is 0 Å². The molecule has 0 unspecified atom stereocenters. The van der Waals surface area contributed by atoms with Crippen LogP contribution in [0, 0.1) is 18.7 Å². The number of carboxylic acids is 1. The van der Waals surface area contributed by atoms with Crippen molar-refractivity contribution >= 4 is 11.9 Å². The van der Waals surface area contributed by atoms with Crippen molar-refractivity contribution in [2.45, 2.75) is 19.8 Å². The number of amides is 1. The molecule has 19 heavy (non-hydrogen) atoms. The van der Waals surface area contributed by atoms with Crippen molar-refractivity contribution in [1.29, 1.82) is 0 Å². The molecule has 0 atom stereocenters. The maximum absolute atomic E-state index is 13.7. The number of carbonyl (C=O) groups excluding carboxylic acids is 1. The molecule has 102 valence electrons. The summed E-state index contributed by atoms with van der Waals surface area (Å²) in [7, 11) is 0. The van der Waals surface area contributed by atoms with Gasteiger partial charge in [0, 0.05) is 6.54 Å². The SMILES string of the molecule is Cc1ccc(F)c(C(=O)N(CC(=O)O)CC2CC2)c1. The van der Waals surface area contributed by atoms with Crippen LogP contribution >= 0.6 is 0 Å². The molecule has 0 spiro atoms. The zero-order valence-electron chi connectivity index (χ0n) is 10.7. The topological polar surface area (TPSA) is 57.6 Å². The maximum Gasteiger partial charge on any atom is 0.323 e. The average molecular weight is 265 g/mol. The van der Waals surface area contributed by atoms with E-state index in [1.165, 1.54) is 17.0 Å². The molecule has 1 aromatic rings. The smallest absolute Gasteiger partial charge is 0.323 e. The monoisotopic (exact) mass is 265 g/mol. The van der Waals surface area contributed by atoms with Gasteiger partial charge in [0.1, 0.15) is 12.4 Å². The van der Waals surface area contributed by atoms with Gasteiger partial charge in [-0.1, -0.05) is 11.6 Å². The molecule has 0 bridgehead atoms. The molecule has 1 N–H and O–H groups in total. The van der Waals surface area contributed by atoms with Crippen LogP contribution in [-0.2, 0) is 4.79 Å². The highest BCUT2D eigenvalue weighted by Crippen LogP contribution is 2.30. The second-order valence-corrected chi connectivity index (χ2v) is 5.01. The molecular weight excluding hydrogens is 249 g/mol. The van der Waals surface area contributed by atoms with Gasteiger partial charge in [-0.3, -0.25) is 9.59 Å². The molecule has 1 amide bonds. The van der Waals surface area contributed by atoms with Gasteiger partial charge in [0.15, 0.2) is 0 Å². The summed E-state index contributed by atoms with van der Waals surface area (Å²) in [6, 6.07) is 4.27. The maximum atomic E-state index is 13.7. The first-order valence-electron chi connectivity index (χ1n) is 6.24. The van der Waals surface area contributed by atoms with Gasteiger partial charge in [0.25, 0.3) is 5.91 Å². The van der Waals surface area contributed by atoms with Crippen LogP contribution in [0.15, 0.2) is 18.2 Å². The van der Waals surface area contributed by atoms with Crippen LogP contribution in [0.3, 0.4) is 0 Å². The number of halogens is 1. The Morgan fingerprint density at radius 2 is 2.11 bits per heavy atom. The molecule has 4 nitrogen and oxygen atoms in total. The minimum atomic E-state index is -1.08. The number of benzene rings is 1. The third-order valence-electron chi connectivity index (χ3n) is 3.14. The van der Waals surface area contributed by atoms with E-state index in [0.29, 0.717) is 12.5 Å². The third kappa shape index (κ3) is 3.53. The van der Waals surface area contributed by atoms with E-state index < -0.39 is 17.7 Å². The lowest BCUT2D eigenvalue weighted by atomic mass is 10.1. The fourth-order valence-corrected chi connectivity index (χ4v) is 1.97. The highest BCUT2D eigenvalue weighted by atomic mass is 19.1. The van der Waals surface area contributed by atoms with E-state index in [1.54, 1.807) is 13.0 Å². The first-order valence-corrected chi connectivity index (χ1v) is 6.24. The molecule has 1 aliphatic carbocycles. The van der Waals surface area contributed by atoms with Gasteiger partial charge in [0.05, 0.1) is 5.56 Å². The van der Waals surface area contributed by atoms with Crippen LogP contribution in [0.5, 0.6) is 0 Å². The molecule has 5 heteroatoms. The standard InChI is InChI=1S/C14H16FNO3/c1-9-2-5-12(15)11(6-9)14(19)16(8-13(17)18)7-10-3-4-10/h2,5-6,10H,3-4,7-8H2,1H3,(H,17,18). The zero-order chi connectivity index (χ0) is 14.0. The number of aliphatic carboxylic acids is 1. The second kappa shape index (κ2) is 5.38. The summed E-state index contributed by atoms with van der Waals surface area (Å²) in [6.07, 6.45) is 2.00. The Bertz CT molecular complexity index is 511. The number of carboxylic acid groups (broad SMARTS) is 1. The van der Waals surface area contributed by atoms with Gasteiger partial charge in [-0.15, -0.1) is 0 Å². The van der Waals surface area contributed by atoms with Gasteiger partial charge < -0.3 is 10.0 Å². The van der Waals surface area contributed by atoms with Crippen LogP contribution in [0.1, 0.15) is 28.8 Å². The lowest BCUT2D eigenvalue weighted by molar-refractivity contribution is -0.137. The van der Waals surface area contributed by atoms with Crippen LogP contribution in [0.4, 0.5) is 4.39 Å². The van der Waals surface area contributed by atoms with Gasteiger partial charge in [-0.25, -0.2) is 4.39 Å². The number of nitrogens with zero attached hydrogens (tertiary/aromatic N) is 1. The van der Waals surface area contributed by atoms with E-state index in [4.69, 9.17) is 5.11 Å². The van der Waals surface area contributed by atoms with Gasteiger partial charge in [-0.2, -0.15) is 0 Å². The summed E-state index contributed by atoms with van der Waals surface area (Å²) >= 11 is 0. The van der Waals surface area contributed by atoms with Gasteiger partial charge in [-0.05, 0) is 37.8 Å². The van der Waals surface area contributed by atoms with E-state index in [9.17, 15) is 14.0 Å². The highest BCUT2D eigenvalue weighted by Gasteiger charge is 2.29. The predicted molar refractivity (Wildman–Crippen MR) is 67.4 cm³/mol. The highest BCUT2D eigenvalue weighted by molar-refractivity contribution is 5.96. The number of aryl methyl sites for hydroxylation is 1. The van der Waals surface area contributed by atoms with Crippen LogP contribution in [-0.4, -0.2) is 35.0 Å².